The molecule has 5 rings (SSSR count). The molecule has 2 aromatic carbocycles. The van der Waals surface area contributed by atoms with Crippen LogP contribution in [0.1, 0.15) is 40.0 Å². The Hall–Kier alpha value is -2.91. The average Bonchev–Trinajstić information content (AvgIpc) is 3.40. The topological polar surface area (TPSA) is 54.0 Å². The summed E-state index contributed by atoms with van der Waals surface area (Å²) in [5, 5.41) is 16.6. The van der Waals surface area contributed by atoms with Gasteiger partial charge in [0.1, 0.15) is 16.8 Å². The molecule has 0 unspecified atom stereocenters. The minimum atomic E-state index is 0.514. The van der Waals surface area contributed by atoms with Gasteiger partial charge >= 0.3 is 0 Å². The Kier molecular flexibility index (Phi) is 6.32. The lowest BCUT2D eigenvalue weighted by atomic mass is 9.96. The summed E-state index contributed by atoms with van der Waals surface area (Å²) in [6, 6.07) is 17.9. The summed E-state index contributed by atoms with van der Waals surface area (Å²) in [4.78, 5) is 6.07. The van der Waals surface area contributed by atoms with Gasteiger partial charge in [-0.3, -0.25) is 4.68 Å². The fourth-order valence-corrected chi connectivity index (χ4v) is 5.79. The number of rotatable bonds is 5. The third kappa shape index (κ3) is 4.60. The number of aliphatic imine (C=N–C) groups is 1. The summed E-state index contributed by atoms with van der Waals surface area (Å²) in [5.41, 5.74) is 5.59. The van der Waals surface area contributed by atoms with Crippen molar-refractivity contribution in [3.63, 3.8) is 0 Å². The highest BCUT2D eigenvalue weighted by Gasteiger charge is 2.20. The highest BCUT2D eigenvalue weighted by Crippen LogP contribution is 2.39. The van der Waals surface area contributed by atoms with E-state index in [1.807, 2.05) is 59.6 Å². The van der Waals surface area contributed by atoms with Gasteiger partial charge < -0.3 is 0 Å². The zero-order valence-corrected chi connectivity index (χ0v) is 20.1. The second kappa shape index (κ2) is 9.52. The van der Waals surface area contributed by atoms with Crippen molar-refractivity contribution in [1.29, 1.82) is 5.26 Å². The lowest BCUT2D eigenvalue weighted by Gasteiger charge is -2.09. The molecule has 0 saturated carbocycles. The fraction of sp³-hybridized carbons (Fsp3) is 0.192. The molecule has 164 valence electrons. The molecule has 2 heterocycles. The maximum Gasteiger partial charge on any atom is 0.134 e. The number of halogens is 2. The lowest BCUT2D eigenvalue weighted by Crippen LogP contribution is -2.01. The minimum absolute atomic E-state index is 0.514. The van der Waals surface area contributed by atoms with Gasteiger partial charge in [0.15, 0.2) is 0 Å². The molecular formula is C26H20Cl2N4S. The van der Waals surface area contributed by atoms with Crippen molar-refractivity contribution in [2.75, 3.05) is 0 Å². The molecule has 0 atom stereocenters. The van der Waals surface area contributed by atoms with Crippen LogP contribution >= 0.6 is 34.5 Å². The highest BCUT2D eigenvalue weighted by atomic mass is 35.5. The van der Waals surface area contributed by atoms with Gasteiger partial charge in [-0.05, 0) is 48.9 Å². The molecule has 0 amide bonds. The number of benzene rings is 2. The first-order valence-electron chi connectivity index (χ1n) is 10.8. The Bertz CT molecular complexity index is 1380. The minimum Gasteiger partial charge on any atom is -0.267 e. The van der Waals surface area contributed by atoms with E-state index in [-0.39, 0.29) is 0 Å². The summed E-state index contributed by atoms with van der Waals surface area (Å²) in [7, 11) is 0. The Morgan fingerprint density at radius 2 is 1.94 bits per heavy atom. The van der Waals surface area contributed by atoms with Gasteiger partial charge in [-0.25, -0.2) is 4.99 Å². The van der Waals surface area contributed by atoms with Crippen LogP contribution in [0.4, 0.5) is 5.00 Å². The number of aromatic nitrogens is 2. The predicted molar refractivity (Wildman–Crippen MR) is 136 cm³/mol. The molecule has 4 nitrogen and oxygen atoms in total. The van der Waals surface area contributed by atoms with E-state index in [0.29, 0.717) is 16.6 Å². The van der Waals surface area contributed by atoms with Gasteiger partial charge in [0.05, 0.1) is 12.1 Å². The monoisotopic (exact) mass is 490 g/mol. The molecule has 0 radical (unpaired) electrons. The van der Waals surface area contributed by atoms with E-state index < -0.39 is 0 Å². The maximum atomic E-state index is 9.75. The van der Waals surface area contributed by atoms with Crippen LogP contribution in [0.3, 0.4) is 0 Å². The first-order valence-corrected chi connectivity index (χ1v) is 12.3. The Balaban J connectivity index is 1.52. The first-order chi connectivity index (χ1) is 16.1. The van der Waals surface area contributed by atoms with Crippen LogP contribution in [-0.4, -0.2) is 16.0 Å². The van der Waals surface area contributed by atoms with Gasteiger partial charge in [0.2, 0.25) is 0 Å². The number of aryl methyl sites for hydroxylation is 1. The molecular weight excluding hydrogens is 471 g/mol. The smallest absolute Gasteiger partial charge is 0.134 e. The molecule has 0 N–H and O–H groups in total. The van der Waals surface area contributed by atoms with E-state index in [9.17, 15) is 5.26 Å². The maximum absolute atomic E-state index is 9.75. The quantitative estimate of drug-likeness (QED) is 0.272. The van der Waals surface area contributed by atoms with Crippen molar-refractivity contribution in [2.24, 2.45) is 4.99 Å². The van der Waals surface area contributed by atoms with E-state index in [1.165, 1.54) is 16.9 Å². The largest absolute Gasteiger partial charge is 0.267 e. The zero-order valence-electron chi connectivity index (χ0n) is 17.8. The molecule has 4 aromatic rings. The summed E-state index contributed by atoms with van der Waals surface area (Å²) >= 11 is 14.1. The zero-order chi connectivity index (χ0) is 22.8. The first kappa shape index (κ1) is 21.9. The van der Waals surface area contributed by atoms with Gasteiger partial charge in [0.25, 0.3) is 0 Å². The summed E-state index contributed by atoms with van der Waals surface area (Å²) in [6.45, 7) is 0.514. The molecule has 0 saturated heterocycles. The van der Waals surface area contributed by atoms with Crippen LogP contribution in [0.25, 0.3) is 11.3 Å². The number of hydrogen-bond acceptors (Lipinski definition) is 4. The Labute approximate surface area is 206 Å². The Morgan fingerprint density at radius 3 is 2.73 bits per heavy atom. The van der Waals surface area contributed by atoms with Crippen molar-refractivity contribution in [1.82, 2.24) is 9.78 Å². The molecule has 1 aliphatic carbocycles. The summed E-state index contributed by atoms with van der Waals surface area (Å²) in [6.07, 6.45) is 8.13. The molecule has 1 aliphatic rings. The average molecular weight is 491 g/mol. The number of thiophene rings is 1. The predicted octanol–water partition coefficient (Wildman–Crippen LogP) is 7.47. The number of nitriles is 1. The molecule has 0 fully saturated rings. The molecule has 0 spiro atoms. The second-order valence-corrected chi connectivity index (χ2v) is 9.92. The SMILES string of the molecule is N#Cc1c(N=Cc2cn(Cc3ccc(Cl)cc3Cl)nc2-c2ccccc2)sc2c1CCCC2. The van der Waals surface area contributed by atoms with Crippen LogP contribution in [0, 0.1) is 11.3 Å². The molecule has 33 heavy (non-hydrogen) atoms. The van der Waals surface area contributed by atoms with Crippen LogP contribution in [0.5, 0.6) is 0 Å². The highest BCUT2D eigenvalue weighted by molar-refractivity contribution is 7.16. The third-order valence-electron chi connectivity index (χ3n) is 5.77. The van der Waals surface area contributed by atoms with Crippen molar-refractivity contribution < 1.29 is 0 Å². The molecule has 7 heteroatoms. The van der Waals surface area contributed by atoms with E-state index in [0.717, 1.165) is 52.2 Å². The molecule has 0 aliphatic heterocycles. The van der Waals surface area contributed by atoms with E-state index in [4.69, 9.17) is 33.3 Å². The van der Waals surface area contributed by atoms with Gasteiger partial charge in [0, 0.05) is 38.5 Å². The van der Waals surface area contributed by atoms with Gasteiger partial charge in [-0.1, -0.05) is 59.6 Å². The lowest BCUT2D eigenvalue weighted by molar-refractivity contribution is 0.689. The molecule has 0 bridgehead atoms. The third-order valence-corrected chi connectivity index (χ3v) is 7.56. The Morgan fingerprint density at radius 1 is 1.12 bits per heavy atom. The van der Waals surface area contributed by atoms with Crippen molar-refractivity contribution in [3.05, 3.63) is 91.9 Å². The summed E-state index contributed by atoms with van der Waals surface area (Å²) in [5.74, 6) is 0. The summed E-state index contributed by atoms with van der Waals surface area (Å²) < 4.78 is 1.86. The molecule has 2 aromatic heterocycles. The van der Waals surface area contributed by atoms with E-state index >= 15 is 0 Å². The number of fused-ring (bicyclic) bond motifs is 1. The van der Waals surface area contributed by atoms with Crippen molar-refractivity contribution >= 4 is 45.8 Å². The second-order valence-electron chi connectivity index (χ2n) is 7.99. The van der Waals surface area contributed by atoms with Crippen molar-refractivity contribution in [2.45, 2.75) is 32.2 Å². The van der Waals surface area contributed by atoms with E-state index in [2.05, 4.69) is 6.07 Å². The van der Waals surface area contributed by atoms with Crippen LogP contribution in [0.15, 0.2) is 59.7 Å². The van der Waals surface area contributed by atoms with Gasteiger partial charge in [-0.2, -0.15) is 10.4 Å². The van der Waals surface area contributed by atoms with Crippen LogP contribution in [-0.2, 0) is 19.4 Å². The normalized spacial score (nSPS) is 13.2. The number of hydrogen-bond donors (Lipinski definition) is 0. The van der Waals surface area contributed by atoms with Crippen LogP contribution in [0.2, 0.25) is 10.0 Å². The van der Waals surface area contributed by atoms with E-state index in [1.54, 1.807) is 17.4 Å². The fourth-order valence-electron chi connectivity index (χ4n) is 4.14. The standard InChI is InChI=1S/C26H20Cl2N4S/c27-20-11-10-18(23(28)12-20)15-32-16-19(25(31-32)17-6-2-1-3-7-17)14-30-26-22(13-29)21-8-4-5-9-24(21)33-26/h1-3,6-7,10-12,14,16H,4-5,8-9,15H2. The number of nitrogens with zero attached hydrogens (tertiary/aromatic N) is 4. The van der Waals surface area contributed by atoms with Crippen LogP contribution < -0.4 is 0 Å². The van der Waals surface area contributed by atoms with Crippen molar-refractivity contribution in [3.8, 4) is 17.3 Å². The van der Waals surface area contributed by atoms with Gasteiger partial charge in [-0.15, -0.1) is 11.3 Å².